The first kappa shape index (κ1) is 17.0. The van der Waals surface area contributed by atoms with Gasteiger partial charge in [0.1, 0.15) is 0 Å². The van der Waals surface area contributed by atoms with E-state index in [1.165, 1.54) is 12.1 Å². The van der Waals surface area contributed by atoms with Gasteiger partial charge < -0.3 is 0 Å². The van der Waals surface area contributed by atoms with Crippen LogP contribution in [0.1, 0.15) is 29.3 Å². The van der Waals surface area contributed by atoms with Crippen molar-refractivity contribution in [3.05, 3.63) is 71.8 Å². The van der Waals surface area contributed by atoms with Crippen molar-refractivity contribution in [2.45, 2.75) is 25.2 Å². The third kappa shape index (κ3) is 4.29. The Bertz CT molecular complexity index is 837. The maximum absolute atomic E-state index is 12.5. The van der Waals surface area contributed by atoms with Crippen molar-refractivity contribution in [2.24, 2.45) is 0 Å². The predicted octanol–water partition coefficient (Wildman–Crippen LogP) is 3.94. The summed E-state index contributed by atoms with van der Waals surface area (Å²) in [5, 5.41) is 0. The van der Waals surface area contributed by atoms with Crippen LogP contribution < -0.4 is 4.72 Å². The molecule has 120 valence electrons. The first-order valence-corrected chi connectivity index (χ1v) is 8.64. The number of carbonyl (C=O) groups excluding carboxylic acids is 1. The highest BCUT2D eigenvalue weighted by Crippen LogP contribution is 2.22. The first-order chi connectivity index (χ1) is 10.8. The number of Topliss-reactive ketones (excluding diaryl/α,β-unsaturated/α-hetero) is 1. The molecular weight excluding hydrogens is 310 g/mol. The molecule has 2 rings (SSSR count). The van der Waals surface area contributed by atoms with Crippen LogP contribution in [-0.2, 0) is 10.0 Å². The molecular formula is C18H19NO3S. The van der Waals surface area contributed by atoms with Crippen LogP contribution in [0.4, 0.5) is 5.69 Å². The van der Waals surface area contributed by atoms with E-state index in [9.17, 15) is 13.2 Å². The number of rotatable bonds is 6. The number of para-hydroxylation sites is 1. The molecule has 2 aromatic carbocycles. The fraction of sp³-hybridized carbons (Fsp3) is 0.167. The van der Waals surface area contributed by atoms with Gasteiger partial charge in [-0.15, -0.1) is 0 Å². The lowest BCUT2D eigenvalue weighted by Gasteiger charge is -2.12. The summed E-state index contributed by atoms with van der Waals surface area (Å²) in [6, 6.07) is 13.1. The molecule has 0 aliphatic carbocycles. The largest absolute Gasteiger partial charge is 0.294 e. The summed E-state index contributed by atoms with van der Waals surface area (Å²) in [6.45, 7) is 7.37. The number of anilines is 1. The second-order valence-electron chi connectivity index (χ2n) is 5.52. The van der Waals surface area contributed by atoms with Gasteiger partial charge in [0.25, 0.3) is 10.0 Å². The standard InChI is InChI=1S/C18H19NO3S/c1-13(2)12-18(20)16-6-4-5-7-17(16)19-23(21,22)15-10-8-14(3)9-11-15/h4-11,19H,1,12H2,2-3H3. The summed E-state index contributed by atoms with van der Waals surface area (Å²) >= 11 is 0. The number of ketones is 1. The zero-order valence-electron chi connectivity index (χ0n) is 13.2. The van der Waals surface area contributed by atoms with Gasteiger partial charge in [0.15, 0.2) is 5.78 Å². The van der Waals surface area contributed by atoms with E-state index in [-0.39, 0.29) is 22.8 Å². The number of nitrogens with one attached hydrogen (secondary N) is 1. The van der Waals surface area contributed by atoms with E-state index < -0.39 is 10.0 Å². The molecule has 4 nitrogen and oxygen atoms in total. The summed E-state index contributed by atoms with van der Waals surface area (Å²) in [5.41, 5.74) is 2.32. The molecule has 0 atom stereocenters. The fourth-order valence-electron chi connectivity index (χ4n) is 2.11. The summed E-state index contributed by atoms with van der Waals surface area (Å²) in [7, 11) is -3.74. The van der Waals surface area contributed by atoms with E-state index in [2.05, 4.69) is 11.3 Å². The summed E-state index contributed by atoms with van der Waals surface area (Å²) < 4.78 is 27.4. The molecule has 0 saturated heterocycles. The molecule has 0 amide bonds. The average Bonchev–Trinajstić information content (AvgIpc) is 2.47. The molecule has 0 aliphatic rings. The summed E-state index contributed by atoms with van der Waals surface area (Å²) in [6.07, 6.45) is 0.184. The van der Waals surface area contributed by atoms with Crippen molar-refractivity contribution >= 4 is 21.5 Å². The van der Waals surface area contributed by atoms with Crippen LogP contribution in [0.5, 0.6) is 0 Å². The quantitative estimate of drug-likeness (QED) is 0.645. The Morgan fingerprint density at radius 1 is 1.09 bits per heavy atom. The molecule has 0 fully saturated rings. The van der Waals surface area contributed by atoms with Crippen LogP contribution in [-0.4, -0.2) is 14.2 Å². The summed E-state index contributed by atoms with van der Waals surface area (Å²) in [5.74, 6) is -0.167. The van der Waals surface area contributed by atoms with Crippen LogP contribution in [0, 0.1) is 6.92 Å². The minimum atomic E-state index is -3.74. The van der Waals surface area contributed by atoms with Crippen LogP contribution in [0.3, 0.4) is 0 Å². The molecule has 0 aromatic heterocycles. The SMILES string of the molecule is C=C(C)CC(=O)c1ccccc1NS(=O)(=O)c1ccc(C)cc1. The van der Waals surface area contributed by atoms with Gasteiger partial charge in [-0.3, -0.25) is 9.52 Å². The lowest BCUT2D eigenvalue weighted by molar-refractivity contribution is 0.0994. The highest BCUT2D eigenvalue weighted by atomic mass is 32.2. The zero-order chi connectivity index (χ0) is 17.0. The van der Waals surface area contributed by atoms with E-state index in [0.29, 0.717) is 5.56 Å². The third-order valence-electron chi connectivity index (χ3n) is 3.27. The molecule has 1 N–H and O–H groups in total. The van der Waals surface area contributed by atoms with E-state index in [1.54, 1.807) is 43.3 Å². The zero-order valence-corrected chi connectivity index (χ0v) is 14.0. The second kappa shape index (κ2) is 6.79. The summed E-state index contributed by atoms with van der Waals surface area (Å²) in [4.78, 5) is 12.4. The minimum absolute atomic E-state index is 0.158. The number of hydrogen-bond donors (Lipinski definition) is 1. The second-order valence-corrected chi connectivity index (χ2v) is 7.20. The predicted molar refractivity (Wildman–Crippen MR) is 92.2 cm³/mol. The van der Waals surface area contributed by atoms with Crippen LogP contribution >= 0.6 is 0 Å². The Labute approximate surface area is 136 Å². The number of sulfonamides is 1. The number of aryl methyl sites for hydroxylation is 1. The van der Waals surface area contributed by atoms with E-state index in [0.717, 1.165) is 11.1 Å². The van der Waals surface area contributed by atoms with E-state index in [4.69, 9.17) is 0 Å². The molecule has 0 spiro atoms. The fourth-order valence-corrected chi connectivity index (χ4v) is 3.19. The van der Waals surface area contributed by atoms with Crippen LogP contribution in [0.15, 0.2) is 65.6 Å². The van der Waals surface area contributed by atoms with Crippen molar-refractivity contribution in [3.8, 4) is 0 Å². The van der Waals surface area contributed by atoms with Crippen molar-refractivity contribution in [1.82, 2.24) is 0 Å². The van der Waals surface area contributed by atoms with Crippen molar-refractivity contribution in [2.75, 3.05) is 4.72 Å². The monoisotopic (exact) mass is 329 g/mol. The van der Waals surface area contributed by atoms with Gasteiger partial charge in [-0.1, -0.05) is 42.0 Å². The lowest BCUT2D eigenvalue weighted by atomic mass is 10.0. The number of hydrogen-bond acceptors (Lipinski definition) is 3. The molecule has 0 bridgehead atoms. The molecule has 0 unspecified atom stereocenters. The Hall–Kier alpha value is -2.40. The normalized spacial score (nSPS) is 11.0. The van der Waals surface area contributed by atoms with Crippen molar-refractivity contribution in [1.29, 1.82) is 0 Å². The first-order valence-electron chi connectivity index (χ1n) is 7.16. The number of benzene rings is 2. The van der Waals surface area contributed by atoms with E-state index in [1.807, 2.05) is 6.92 Å². The van der Waals surface area contributed by atoms with Crippen molar-refractivity contribution in [3.63, 3.8) is 0 Å². The highest BCUT2D eigenvalue weighted by Gasteiger charge is 2.18. The van der Waals surface area contributed by atoms with Crippen LogP contribution in [0.2, 0.25) is 0 Å². The Morgan fingerprint density at radius 3 is 2.30 bits per heavy atom. The third-order valence-corrected chi connectivity index (χ3v) is 4.65. The molecule has 0 saturated carbocycles. The van der Waals surface area contributed by atoms with Gasteiger partial charge in [0, 0.05) is 12.0 Å². The number of carbonyl (C=O) groups is 1. The molecule has 23 heavy (non-hydrogen) atoms. The van der Waals surface area contributed by atoms with E-state index >= 15 is 0 Å². The minimum Gasteiger partial charge on any atom is -0.294 e. The van der Waals surface area contributed by atoms with Gasteiger partial charge in [-0.25, -0.2) is 8.42 Å². The Balaban J connectivity index is 2.34. The Morgan fingerprint density at radius 2 is 1.70 bits per heavy atom. The molecule has 0 aliphatic heterocycles. The van der Waals surface area contributed by atoms with Gasteiger partial charge in [0.2, 0.25) is 0 Å². The molecule has 0 heterocycles. The van der Waals surface area contributed by atoms with Gasteiger partial charge in [0.05, 0.1) is 10.6 Å². The topological polar surface area (TPSA) is 63.2 Å². The maximum Gasteiger partial charge on any atom is 0.261 e. The van der Waals surface area contributed by atoms with Crippen molar-refractivity contribution < 1.29 is 13.2 Å². The maximum atomic E-state index is 12.5. The highest BCUT2D eigenvalue weighted by molar-refractivity contribution is 7.92. The van der Waals surface area contributed by atoms with Gasteiger partial charge >= 0.3 is 0 Å². The smallest absolute Gasteiger partial charge is 0.261 e. The van der Waals surface area contributed by atoms with Gasteiger partial charge in [-0.05, 0) is 38.1 Å². The molecule has 0 radical (unpaired) electrons. The van der Waals surface area contributed by atoms with Crippen LogP contribution in [0.25, 0.3) is 0 Å². The lowest BCUT2D eigenvalue weighted by Crippen LogP contribution is -2.15. The molecule has 5 heteroatoms. The number of allylic oxidation sites excluding steroid dienone is 1. The van der Waals surface area contributed by atoms with Gasteiger partial charge in [-0.2, -0.15) is 0 Å². The molecule has 2 aromatic rings. The average molecular weight is 329 g/mol. The Kier molecular flexibility index (Phi) is 5.01.